The van der Waals surface area contributed by atoms with Crippen LogP contribution in [-0.2, 0) is 9.59 Å². The normalized spacial score (nSPS) is 9.45. The fourth-order valence-electron chi connectivity index (χ4n) is 0.353. The van der Waals surface area contributed by atoms with Crippen LogP contribution in [-0.4, -0.2) is 18.7 Å². The number of hydrogen-bond acceptors (Lipinski definition) is 4. The first-order valence-electron chi connectivity index (χ1n) is 2.84. The van der Waals surface area contributed by atoms with E-state index >= 15 is 0 Å². The lowest BCUT2D eigenvalue weighted by molar-refractivity contribution is 0.563. The van der Waals surface area contributed by atoms with Gasteiger partial charge in [0.2, 0.25) is 12.2 Å². The number of aliphatic imine (C=N–C) groups is 2. The van der Waals surface area contributed by atoms with Crippen molar-refractivity contribution in [3.8, 4) is 0 Å². The molecular formula is C7H6N2O2. The van der Waals surface area contributed by atoms with Crippen molar-refractivity contribution in [1.82, 2.24) is 0 Å². The zero-order valence-electron chi connectivity index (χ0n) is 5.73. The zero-order chi connectivity index (χ0) is 8.36. The van der Waals surface area contributed by atoms with Gasteiger partial charge in [-0.15, -0.1) is 0 Å². The highest BCUT2D eigenvalue weighted by atomic mass is 16.1. The lowest BCUT2D eigenvalue weighted by Gasteiger charge is -1.72. The molecule has 0 N–H and O–H groups in total. The minimum Gasteiger partial charge on any atom is -0.211 e. The van der Waals surface area contributed by atoms with Crippen molar-refractivity contribution in [3.05, 3.63) is 24.4 Å². The molecule has 0 aromatic heterocycles. The molecule has 0 radical (unpaired) electrons. The fourth-order valence-corrected chi connectivity index (χ4v) is 0.353. The Bertz CT molecular complexity index is 243. The van der Waals surface area contributed by atoms with Crippen molar-refractivity contribution in [2.24, 2.45) is 9.98 Å². The van der Waals surface area contributed by atoms with E-state index in [9.17, 15) is 9.59 Å². The summed E-state index contributed by atoms with van der Waals surface area (Å²) in [6.07, 6.45) is 8.78. The molecule has 0 aliphatic carbocycles. The molecule has 0 rings (SSSR count). The van der Waals surface area contributed by atoms with Gasteiger partial charge in [0.15, 0.2) is 0 Å². The van der Waals surface area contributed by atoms with Gasteiger partial charge in [0, 0.05) is 6.20 Å². The number of carbonyl (C=O) groups excluding carboxylic acids is 2. The van der Waals surface area contributed by atoms with Gasteiger partial charge in [-0.3, -0.25) is 0 Å². The predicted molar refractivity (Wildman–Crippen MR) is 39.4 cm³/mol. The lowest BCUT2D eigenvalue weighted by Crippen LogP contribution is -1.66. The molecule has 0 aliphatic rings. The van der Waals surface area contributed by atoms with Gasteiger partial charge in [0.25, 0.3) is 0 Å². The highest BCUT2D eigenvalue weighted by Gasteiger charge is 1.66. The minimum atomic E-state index is 0.290. The Hall–Kier alpha value is -1.76. The van der Waals surface area contributed by atoms with Crippen molar-refractivity contribution in [3.63, 3.8) is 0 Å². The second-order valence-corrected chi connectivity index (χ2v) is 1.42. The molecule has 0 spiro atoms. The van der Waals surface area contributed by atoms with E-state index in [1.165, 1.54) is 24.4 Å². The van der Waals surface area contributed by atoms with Crippen LogP contribution in [0.5, 0.6) is 0 Å². The van der Waals surface area contributed by atoms with Crippen molar-refractivity contribution >= 4 is 12.2 Å². The lowest BCUT2D eigenvalue weighted by atomic mass is 10.5. The number of allylic oxidation sites excluding steroid dienone is 2. The van der Waals surface area contributed by atoms with Crippen molar-refractivity contribution in [2.75, 3.05) is 6.54 Å². The Morgan fingerprint density at radius 2 is 2.00 bits per heavy atom. The number of nitrogens with zero attached hydrogens (tertiary/aromatic N) is 2. The molecule has 0 aromatic rings. The molecule has 4 heteroatoms. The molecule has 0 saturated carbocycles. The largest absolute Gasteiger partial charge is 0.239 e. The fraction of sp³-hybridized carbons (Fsp3) is 0.143. The summed E-state index contributed by atoms with van der Waals surface area (Å²) in [7, 11) is 0. The molecule has 0 fully saturated rings. The third-order valence-electron chi connectivity index (χ3n) is 0.722. The highest BCUT2D eigenvalue weighted by molar-refractivity contribution is 5.35. The summed E-state index contributed by atoms with van der Waals surface area (Å²) in [6.45, 7) is 0.290. The van der Waals surface area contributed by atoms with Crippen LogP contribution >= 0.6 is 0 Å². The molecule has 0 heterocycles. The Kier molecular flexibility index (Phi) is 6.92. The molecule has 56 valence electrons. The Balaban J connectivity index is 3.59. The van der Waals surface area contributed by atoms with Gasteiger partial charge in [0.05, 0.1) is 6.54 Å². The van der Waals surface area contributed by atoms with Gasteiger partial charge >= 0.3 is 0 Å². The summed E-state index contributed by atoms with van der Waals surface area (Å²) in [5.41, 5.74) is 0. The smallest absolute Gasteiger partial charge is 0.211 e. The van der Waals surface area contributed by atoms with Crippen molar-refractivity contribution < 1.29 is 9.59 Å². The van der Waals surface area contributed by atoms with Crippen LogP contribution in [0.3, 0.4) is 0 Å². The minimum absolute atomic E-state index is 0.290. The Labute approximate surface area is 63.7 Å². The van der Waals surface area contributed by atoms with Crippen LogP contribution in [0.2, 0.25) is 0 Å². The average molecular weight is 150 g/mol. The van der Waals surface area contributed by atoms with Crippen LogP contribution < -0.4 is 0 Å². The maximum atomic E-state index is 9.53. The summed E-state index contributed by atoms with van der Waals surface area (Å²) in [6, 6.07) is 0. The topological polar surface area (TPSA) is 58.9 Å². The third-order valence-corrected chi connectivity index (χ3v) is 0.722. The molecule has 0 bridgehead atoms. The Morgan fingerprint density at radius 3 is 2.64 bits per heavy atom. The molecule has 0 atom stereocenters. The van der Waals surface area contributed by atoms with Crippen LogP contribution in [0.25, 0.3) is 0 Å². The number of rotatable bonds is 4. The quantitative estimate of drug-likeness (QED) is 0.337. The van der Waals surface area contributed by atoms with E-state index in [1.54, 1.807) is 12.2 Å². The van der Waals surface area contributed by atoms with E-state index in [4.69, 9.17) is 0 Å². The van der Waals surface area contributed by atoms with E-state index in [2.05, 4.69) is 9.98 Å². The number of hydrogen-bond donors (Lipinski definition) is 0. The molecule has 4 nitrogen and oxygen atoms in total. The second kappa shape index (κ2) is 8.24. The first-order valence-corrected chi connectivity index (χ1v) is 2.84. The molecule has 0 saturated heterocycles. The van der Waals surface area contributed by atoms with E-state index in [1.807, 2.05) is 0 Å². The predicted octanol–water partition coefficient (Wildman–Crippen LogP) is 0.728. The van der Waals surface area contributed by atoms with Crippen molar-refractivity contribution in [2.45, 2.75) is 0 Å². The van der Waals surface area contributed by atoms with Gasteiger partial charge < -0.3 is 0 Å². The van der Waals surface area contributed by atoms with Crippen LogP contribution in [0.15, 0.2) is 34.4 Å². The maximum Gasteiger partial charge on any atom is 0.239 e. The summed E-state index contributed by atoms with van der Waals surface area (Å²) in [5.74, 6) is 0. The van der Waals surface area contributed by atoms with Gasteiger partial charge in [-0.1, -0.05) is 12.2 Å². The maximum absolute atomic E-state index is 9.53. The van der Waals surface area contributed by atoms with Gasteiger partial charge in [-0.2, -0.15) is 4.99 Å². The summed E-state index contributed by atoms with van der Waals surface area (Å²) in [4.78, 5) is 25.4. The molecular weight excluding hydrogens is 144 g/mol. The van der Waals surface area contributed by atoms with Gasteiger partial charge in [-0.25, -0.2) is 14.6 Å². The standard InChI is InChI=1S/C7H6N2O2/c10-6-8-4-2-1-3-5-9-7-11/h1-4H,5H2. The number of isocyanates is 2. The van der Waals surface area contributed by atoms with Gasteiger partial charge in [-0.05, 0) is 6.08 Å². The van der Waals surface area contributed by atoms with E-state index in [-0.39, 0.29) is 0 Å². The third kappa shape index (κ3) is 8.24. The highest BCUT2D eigenvalue weighted by Crippen LogP contribution is 1.77. The van der Waals surface area contributed by atoms with E-state index in [0.717, 1.165) is 0 Å². The summed E-state index contributed by atoms with van der Waals surface area (Å²) in [5, 5.41) is 0. The Morgan fingerprint density at radius 1 is 1.18 bits per heavy atom. The molecule has 11 heavy (non-hydrogen) atoms. The summed E-state index contributed by atoms with van der Waals surface area (Å²) < 4.78 is 0. The zero-order valence-corrected chi connectivity index (χ0v) is 5.73. The van der Waals surface area contributed by atoms with Crippen LogP contribution in [0.4, 0.5) is 0 Å². The molecule has 0 aromatic carbocycles. The molecule has 0 aliphatic heterocycles. The van der Waals surface area contributed by atoms with E-state index in [0.29, 0.717) is 6.54 Å². The first kappa shape index (κ1) is 9.24. The van der Waals surface area contributed by atoms with Crippen molar-refractivity contribution in [1.29, 1.82) is 0 Å². The monoisotopic (exact) mass is 150 g/mol. The SMILES string of the molecule is O=C=NC=CC=CCN=C=O. The average Bonchev–Trinajstić information content (AvgIpc) is 2.03. The first-order chi connectivity index (χ1) is 5.41. The van der Waals surface area contributed by atoms with Crippen LogP contribution in [0, 0.1) is 0 Å². The van der Waals surface area contributed by atoms with Crippen LogP contribution in [0.1, 0.15) is 0 Å². The molecule has 0 amide bonds. The molecule has 0 unspecified atom stereocenters. The second-order valence-electron chi connectivity index (χ2n) is 1.42. The van der Waals surface area contributed by atoms with E-state index < -0.39 is 0 Å². The summed E-state index contributed by atoms with van der Waals surface area (Å²) >= 11 is 0. The van der Waals surface area contributed by atoms with Gasteiger partial charge in [0.1, 0.15) is 0 Å².